The van der Waals surface area contributed by atoms with E-state index in [2.05, 4.69) is 17.9 Å². The molecule has 2 rings (SSSR count). The van der Waals surface area contributed by atoms with Gasteiger partial charge in [-0.3, -0.25) is 4.79 Å². The van der Waals surface area contributed by atoms with Gasteiger partial charge in [0.15, 0.2) is 0 Å². The van der Waals surface area contributed by atoms with Crippen molar-refractivity contribution >= 4 is 24.2 Å². The van der Waals surface area contributed by atoms with Gasteiger partial charge in [-0.05, 0) is 54.7 Å². The third-order valence-corrected chi connectivity index (χ3v) is 4.21. The Kier molecular flexibility index (Phi) is 3.85. The van der Waals surface area contributed by atoms with Crippen LogP contribution >= 0.6 is 12.6 Å². The van der Waals surface area contributed by atoms with Crippen molar-refractivity contribution in [1.29, 1.82) is 0 Å². The highest BCUT2D eigenvalue weighted by atomic mass is 32.1. The van der Waals surface area contributed by atoms with E-state index in [4.69, 9.17) is 4.74 Å². The average Bonchev–Trinajstić information content (AvgIpc) is 3.12. The number of rotatable bonds is 5. The molecule has 0 bridgehead atoms. The van der Waals surface area contributed by atoms with Crippen molar-refractivity contribution in [2.24, 2.45) is 5.41 Å². The number of carbonyl (C=O) groups excluding carboxylic acids is 1. The molecule has 1 fully saturated rings. The minimum absolute atomic E-state index is 0.0785. The first-order valence-corrected chi connectivity index (χ1v) is 6.77. The van der Waals surface area contributed by atoms with Crippen molar-refractivity contribution in [2.45, 2.75) is 26.2 Å². The van der Waals surface area contributed by atoms with Crippen LogP contribution in [-0.2, 0) is 4.79 Å². The van der Waals surface area contributed by atoms with Crippen LogP contribution in [0.15, 0.2) is 18.2 Å². The largest absolute Gasteiger partial charge is 0.497 e. The highest BCUT2D eigenvalue weighted by molar-refractivity contribution is 7.80. The Morgan fingerprint density at radius 2 is 2.22 bits per heavy atom. The van der Waals surface area contributed by atoms with Gasteiger partial charge in [-0.1, -0.05) is 0 Å². The van der Waals surface area contributed by atoms with E-state index in [-0.39, 0.29) is 11.3 Å². The number of benzene rings is 1. The lowest BCUT2D eigenvalue weighted by molar-refractivity contribution is -0.117. The summed E-state index contributed by atoms with van der Waals surface area (Å²) in [6.07, 6.45) is 2.80. The molecule has 0 radical (unpaired) electrons. The minimum Gasteiger partial charge on any atom is -0.497 e. The highest BCUT2D eigenvalue weighted by Gasteiger charge is 2.42. The van der Waals surface area contributed by atoms with Crippen molar-refractivity contribution in [2.75, 3.05) is 18.2 Å². The van der Waals surface area contributed by atoms with Gasteiger partial charge in [0.2, 0.25) is 5.91 Å². The normalized spacial score (nSPS) is 16.2. The molecule has 18 heavy (non-hydrogen) atoms. The summed E-state index contributed by atoms with van der Waals surface area (Å²) in [7, 11) is 1.64. The average molecular weight is 265 g/mol. The maximum Gasteiger partial charge on any atom is 0.224 e. The minimum atomic E-state index is 0.0785. The van der Waals surface area contributed by atoms with E-state index in [1.807, 2.05) is 25.1 Å². The quantitative estimate of drug-likeness (QED) is 0.803. The Bertz CT molecular complexity index is 455. The predicted octanol–water partition coefficient (Wildman–Crippen LogP) is 3.04. The molecule has 1 aromatic rings. The summed E-state index contributed by atoms with van der Waals surface area (Å²) in [5.74, 6) is 1.68. The Morgan fingerprint density at radius 3 is 2.72 bits per heavy atom. The molecule has 3 nitrogen and oxygen atoms in total. The van der Waals surface area contributed by atoms with Gasteiger partial charge in [0.1, 0.15) is 5.75 Å². The Balaban J connectivity index is 1.98. The van der Waals surface area contributed by atoms with Gasteiger partial charge in [-0.25, -0.2) is 0 Å². The fourth-order valence-corrected chi connectivity index (χ4v) is 2.43. The van der Waals surface area contributed by atoms with Crippen LogP contribution < -0.4 is 10.1 Å². The van der Waals surface area contributed by atoms with Gasteiger partial charge >= 0.3 is 0 Å². The Morgan fingerprint density at radius 1 is 1.50 bits per heavy atom. The molecule has 1 N–H and O–H groups in total. The highest BCUT2D eigenvalue weighted by Crippen LogP contribution is 2.49. The molecule has 1 saturated carbocycles. The van der Waals surface area contributed by atoms with Crippen LogP contribution in [0.5, 0.6) is 5.75 Å². The number of hydrogen-bond donors (Lipinski definition) is 2. The van der Waals surface area contributed by atoms with Crippen LogP contribution in [0.3, 0.4) is 0 Å². The van der Waals surface area contributed by atoms with Gasteiger partial charge in [0.05, 0.1) is 7.11 Å². The van der Waals surface area contributed by atoms with Crippen LogP contribution in [0.2, 0.25) is 0 Å². The van der Waals surface area contributed by atoms with Gasteiger partial charge < -0.3 is 10.1 Å². The summed E-state index contributed by atoms with van der Waals surface area (Å²) in [6, 6.07) is 5.65. The second-order valence-electron chi connectivity index (χ2n) is 5.06. The summed E-state index contributed by atoms with van der Waals surface area (Å²) < 4.78 is 5.14. The summed E-state index contributed by atoms with van der Waals surface area (Å²) in [4.78, 5) is 12.0. The van der Waals surface area contributed by atoms with Gasteiger partial charge in [-0.2, -0.15) is 12.6 Å². The van der Waals surface area contributed by atoms with Crippen LogP contribution in [-0.4, -0.2) is 18.8 Å². The summed E-state index contributed by atoms with van der Waals surface area (Å²) in [5, 5.41) is 2.96. The number of anilines is 1. The van der Waals surface area contributed by atoms with Crippen molar-refractivity contribution in [1.82, 2.24) is 0 Å². The lowest BCUT2D eigenvalue weighted by Crippen LogP contribution is -2.18. The van der Waals surface area contributed by atoms with E-state index < -0.39 is 0 Å². The molecule has 0 spiro atoms. The second-order valence-corrected chi connectivity index (χ2v) is 5.38. The fraction of sp³-hybridized carbons (Fsp3) is 0.500. The number of thiol groups is 1. The molecule has 1 amide bonds. The maximum atomic E-state index is 12.0. The van der Waals surface area contributed by atoms with E-state index in [0.717, 1.165) is 35.6 Å². The molecule has 4 heteroatoms. The van der Waals surface area contributed by atoms with Gasteiger partial charge in [0, 0.05) is 12.1 Å². The molecular weight excluding hydrogens is 246 g/mol. The molecule has 0 saturated heterocycles. The molecule has 1 aliphatic rings. The molecule has 0 aromatic heterocycles. The third-order valence-electron chi connectivity index (χ3n) is 3.54. The van der Waals surface area contributed by atoms with Crippen molar-refractivity contribution in [3.63, 3.8) is 0 Å². The van der Waals surface area contributed by atoms with E-state index in [1.165, 1.54) is 0 Å². The maximum absolute atomic E-state index is 12.0. The zero-order valence-electron chi connectivity index (χ0n) is 10.8. The number of carbonyl (C=O) groups is 1. The number of aryl methyl sites for hydroxylation is 1. The van der Waals surface area contributed by atoms with E-state index in [0.29, 0.717) is 6.42 Å². The summed E-state index contributed by atoms with van der Waals surface area (Å²) in [6.45, 7) is 1.96. The van der Waals surface area contributed by atoms with Crippen molar-refractivity contribution < 1.29 is 9.53 Å². The van der Waals surface area contributed by atoms with Crippen molar-refractivity contribution in [3.8, 4) is 5.75 Å². The molecule has 1 aromatic carbocycles. The van der Waals surface area contributed by atoms with E-state index in [9.17, 15) is 4.79 Å². The fourth-order valence-electron chi connectivity index (χ4n) is 2.01. The predicted molar refractivity (Wildman–Crippen MR) is 76.5 cm³/mol. The standard InChI is InChI=1S/C14H19NO2S/c1-10-7-11(17-2)3-4-12(10)15-13(16)8-14(9-18)5-6-14/h3-4,7,18H,5-6,8-9H2,1-2H3,(H,15,16). The van der Waals surface area contributed by atoms with Gasteiger partial charge in [-0.15, -0.1) is 0 Å². The Hall–Kier alpha value is -1.16. The number of hydrogen-bond acceptors (Lipinski definition) is 3. The van der Waals surface area contributed by atoms with Crippen LogP contribution in [0.1, 0.15) is 24.8 Å². The van der Waals surface area contributed by atoms with Crippen molar-refractivity contribution in [3.05, 3.63) is 23.8 Å². The summed E-state index contributed by atoms with van der Waals surface area (Å²) >= 11 is 4.31. The molecule has 0 aliphatic heterocycles. The van der Waals surface area contributed by atoms with E-state index >= 15 is 0 Å². The zero-order valence-corrected chi connectivity index (χ0v) is 11.7. The lowest BCUT2D eigenvalue weighted by Gasteiger charge is -2.13. The van der Waals surface area contributed by atoms with Crippen LogP contribution in [0.4, 0.5) is 5.69 Å². The van der Waals surface area contributed by atoms with Crippen LogP contribution in [0.25, 0.3) is 0 Å². The smallest absolute Gasteiger partial charge is 0.224 e. The zero-order chi connectivity index (χ0) is 13.2. The summed E-state index contributed by atoms with van der Waals surface area (Å²) in [5.41, 5.74) is 2.03. The molecule has 0 atom stereocenters. The first-order chi connectivity index (χ1) is 8.58. The van der Waals surface area contributed by atoms with Gasteiger partial charge in [0.25, 0.3) is 0 Å². The SMILES string of the molecule is COc1ccc(NC(=O)CC2(CS)CC2)c(C)c1. The third kappa shape index (κ3) is 2.99. The second kappa shape index (κ2) is 5.22. The number of methoxy groups -OCH3 is 1. The monoisotopic (exact) mass is 265 g/mol. The molecule has 0 heterocycles. The number of nitrogens with one attached hydrogen (secondary N) is 1. The number of ether oxygens (including phenoxy) is 1. The first-order valence-electron chi connectivity index (χ1n) is 6.14. The molecule has 0 unspecified atom stereocenters. The molecule has 1 aliphatic carbocycles. The molecular formula is C14H19NO2S. The lowest BCUT2D eigenvalue weighted by atomic mass is 10.0. The number of amides is 1. The molecule has 98 valence electrons. The topological polar surface area (TPSA) is 38.3 Å². The van der Waals surface area contributed by atoms with Crippen LogP contribution in [0, 0.1) is 12.3 Å². The Labute approximate surface area is 113 Å². The van der Waals surface area contributed by atoms with E-state index in [1.54, 1.807) is 7.11 Å². The first kappa shape index (κ1) is 13.3.